The number of benzene rings is 1. The first-order valence-electron chi connectivity index (χ1n) is 8.26. The van der Waals surface area contributed by atoms with Crippen LogP contribution in [0, 0.1) is 5.92 Å². The number of hydrogen-bond acceptors (Lipinski definition) is 3. The Morgan fingerprint density at radius 2 is 1.83 bits per heavy atom. The van der Waals surface area contributed by atoms with Gasteiger partial charge in [0.25, 0.3) is 0 Å². The molecule has 5 nitrogen and oxygen atoms in total. The minimum atomic E-state index is -0.994. The van der Waals surface area contributed by atoms with E-state index in [4.69, 9.17) is 9.84 Å². The Bertz CT molecular complexity index is 495. The highest BCUT2D eigenvalue weighted by Crippen LogP contribution is 2.36. The molecule has 1 aromatic rings. The van der Waals surface area contributed by atoms with Crippen LogP contribution in [0.5, 0.6) is 0 Å². The average Bonchev–Trinajstić information content (AvgIpc) is 2.56. The average molecular weight is 319 g/mol. The Morgan fingerprint density at radius 3 is 2.48 bits per heavy atom. The van der Waals surface area contributed by atoms with Gasteiger partial charge in [0.2, 0.25) is 5.91 Å². The fraction of sp³-hybridized carbons (Fsp3) is 0.556. The lowest BCUT2D eigenvalue weighted by atomic mass is 9.77. The summed E-state index contributed by atoms with van der Waals surface area (Å²) >= 11 is 0. The standard InChI is InChI=1S/C18H25NO4/c20-17(19-10-11-23-13-18(21)22)12-14-6-8-16(9-7-14)15-4-2-1-3-5-15/h1-5,14,16H,6-13H2,(H,19,20)(H,21,22). The zero-order valence-electron chi connectivity index (χ0n) is 13.4. The number of hydrogen-bond donors (Lipinski definition) is 2. The van der Waals surface area contributed by atoms with Crippen molar-refractivity contribution in [2.75, 3.05) is 19.8 Å². The van der Waals surface area contributed by atoms with E-state index in [2.05, 4.69) is 29.6 Å². The predicted molar refractivity (Wildman–Crippen MR) is 87.2 cm³/mol. The quantitative estimate of drug-likeness (QED) is 0.722. The summed E-state index contributed by atoms with van der Waals surface area (Å²) in [4.78, 5) is 22.2. The zero-order chi connectivity index (χ0) is 16.5. The molecule has 1 fully saturated rings. The fourth-order valence-electron chi connectivity index (χ4n) is 3.18. The van der Waals surface area contributed by atoms with Crippen LogP contribution in [-0.4, -0.2) is 36.7 Å². The zero-order valence-corrected chi connectivity index (χ0v) is 13.4. The van der Waals surface area contributed by atoms with E-state index < -0.39 is 5.97 Å². The minimum Gasteiger partial charge on any atom is -0.480 e. The number of amides is 1. The molecule has 126 valence electrons. The highest BCUT2D eigenvalue weighted by Gasteiger charge is 2.23. The summed E-state index contributed by atoms with van der Waals surface area (Å²) < 4.78 is 4.88. The maximum Gasteiger partial charge on any atom is 0.329 e. The molecule has 1 aliphatic rings. The van der Waals surface area contributed by atoms with E-state index in [0.29, 0.717) is 24.8 Å². The molecule has 1 amide bonds. The molecule has 1 saturated carbocycles. The van der Waals surface area contributed by atoms with Gasteiger partial charge in [0, 0.05) is 13.0 Å². The molecule has 0 unspecified atom stereocenters. The molecule has 0 heterocycles. The molecule has 0 radical (unpaired) electrons. The number of ether oxygens (including phenoxy) is 1. The van der Waals surface area contributed by atoms with Crippen LogP contribution in [0.4, 0.5) is 0 Å². The van der Waals surface area contributed by atoms with Gasteiger partial charge in [-0.1, -0.05) is 30.3 Å². The number of carbonyl (C=O) groups excluding carboxylic acids is 1. The van der Waals surface area contributed by atoms with Crippen LogP contribution in [0.15, 0.2) is 30.3 Å². The number of carbonyl (C=O) groups is 2. The molecule has 1 aromatic carbocycles. The Hall–Kier alpha value is -1.88. The summed E-state index contributed by atoms with van der Waals surface area (Å²) in [6.07, 6.45) is 5.01. The monoisotopic (exact) mass is 319 g/mol. The van der Waals surface area contributed by atoms with Crippen molar-refractivity contribution in [2.24, 2.45) is 5.92 Å². The van der Waals surface area contributed by atoms with Crippen LogP contribution in [0.1, 0.15) is 43.6 Å². The van der Waals surface area contributed by atoms with Crippen molar-refractivity contribution < 1.29 is 19.4 Å². The van der Waals surface area contributed by atoms with Gasteiger partial charge < -0.3 is 15.2 Å². The molecule has 23 heavy (non-hydrogen) atoms. The van der Waals surface area contributed by atoms with Crippen molar-refractivity contribution in [3.8, 4) is 0 Å². The molecule has 2 N–H and O–H groups in total. The van der Waals surface area contributed by atoms with E-state index in [-0.39, 0.29) is 19.1 Å². The number of carboxylic acids is 1. The second-order valence-corrected chi connectivity index (χ2v) is 6.13. The summed E-state index contributed by atoms with van der Waals surface area (Å²) in [6.45, 7) is 0.281. The molecule has 5 heteroatoms. The van der Waals surface area contributed by atoms with Crippen molar-refractivity contribution in [2.45, 2.75) is 38.0 Å². The molecular formula is C18H25NO4. The van der Waals surface area contributed by atoms with Crippen molar-refractivity contribution in [1.82, 2.24) is 5.32 Å². The molecule has 0 saturated heterocycles. The Kier molecular flexibility index (Phi) is 7.07. The van der Waals surface area contributed by atoms with Gasteiger partial charge in [0.05, 0.1) is 6.61 Å². The highest BCUT2D eigenvalue weighted by molar-refractivity contribution is 5.76. The molecule has 2 rings (SSSR count). The Balaban J connectivity index is 1.60. The van der Waals surface area contributed by atoms with E-state index in [1.807, 2.05) is 6.07 Å². The summed E-state index contributed by atoms with van der Waals surface area (Å²) in [7, 11) is 0. The lowest BCUT2D eigenvalue weighted by Gasteiger charge is -2.28. The van der Waals surface area contributed by atoms with Crippen molar-refractivity contribution in [3.05, 3.63) is 35.9 Å². The number of carboxylic acid groups (broad SMARTS) is 1. The first kappa shape index (κ1) is 17.5. The van der Waals surface area contributed by atoms with Gasteiger partial charge in [-0.2, -0.15) is 0 Å². The summed E-state index contributed by atoms with van der Waals surface area (Å²) in [5.41, 5.74) is 1.41. The first-order chi connectivity index (χ1) is 11.1. The van der Waals surface area contributed by atoms with E-state index in [9.17, 15) is 9.59 Å². The van der Waals surface area contributed by atoms with Crippen LogP contribution >= 0.6 is 0 Å². The first-order valence-corrected chi connectivity index (χ1v) is 8.26. The summed E-state index contributed by atoms with van der Waals surface area (Å²) in [6, 6.07) is 10.6. The number of aliphatic carboxylic acids is 1. The van der Waals surface area contributed by atoms with E-state index in [1.54, 1.807) is 0 Å². The second kappa shape index (κ2) is 9.30. The maximum atomic E-state index is 11.9. The lowest BCUT2D eigenvalue weighted by Crippen LogP contribution is -2.30. The van der Waals surface area contributed by atoms with Gasteiger partial charge in [-0.05, 0) is 43.1 Å². The SMILES string of the molecule is O=C(O)COCCNC(=O)CC1CCC(c2ccccc2)CC1. The van der Waals surface area contributed by atoms with Crippen LogP contribution < -0.4 is 5.32 Å². The molecule has 0 atom stereocenters. The number of rotatable bonds is 8. The van der Waals surface area contributed by atoms with Crippen molar-refractivity contribution in [1.29, 1.82) is 0 Å². The highest BCUT2D eigenvalue weighted by atomic mass is 16.5. The van der Waals surface area contributed by atoms with Gasteiger partial charge in [0.1, 0.15) is 6.61 Å². The van der Waals surface area contributed by atoms with Crippen molar-refractivity contribution >= 4 is 11.9 Å². The largest absolute Gasteiger partial charge is 0.480 e. The normalized spacial score (nSPS) is 20.9. The van der Waals surface area contributed by atoms with Crippen molar-refractivity contribution in [3.63, 3.8) is 0 Å². The molecule has 0 bridgehead atoms. The Morgan fingerprint density at radius 1 is 1.13 bits per heavy atom. The van der Waals surface area contributed by atoms with Gasteiger partial charge in [-0.3, -0.25) is 4.79 Å². The van der Waals surface area contributed by atoms with E-state index >= 15 is 0 Å². The molecule has 0 spiro atoms. The molecule has 0 aromatic heterocycles. The number of nitrogens with one attached hydrogen (secondary N) is 1. The lowest BCUT2D eigenvalue weighted by molar-refractivity contribution is -0.142. The topological polar surface area (TPSA) is 75.6 Å². The van der Waals surface area contributed by atoms with Crippen LogP contribution in [0.2, 0.25) is 0 Å². The van der Waals surface area contributed by atoms with Crippen LogP contribution in [-0.2, 0) is 14.3 Å². The van der Waals surface area contributed by atoms with Gasteiger partial charge >= 0.3 is 5.97 Å². The third-order valence-electron chi connectivity index (χ3n) is 4.39. The fourth-order valence-corrected chi connectivity index (χ4v) is 3.18. The molecule has 1 aliphatic carbocycles. The third kappa shape index (κ3) is 6.40. The van der Waals surface area contributed by atoms with Gasteiger partial charge in [0.15, 0.2) is 0 Å². The molecule has 0 aliphatic heterocycles. The summed E-state index contributed by atoms with van der Waals surface area (Å²) in [5, 5.41) is 11.2. The van der Waals surface area contributed by atoms with Crippen LogP contribution in [0.25, 0.3) is 0 Å². The second-order valence-electron chi connectivity index (χ2n) is 6.13. The smallest absolute Gasteiger partial charge is 0.329 e. The van der Waals surface area contributed by atoms with E-state index in [1.165, 1.54) is 5.56 Å². The van der Waals surface area contributed by atoms with Gasteiger partial charge in [-0.25, -0.2) is 4.79 Å². The van der Waals surface area contributed by atoms with Crippen LogP contribution in [0.3, 0.4) is 0 Å². The maximum absolute atomic E-state index is 11.9. The summed E-state index contributed by atoms with van der Waals surface area (Å²) in [5.74, 6) is 0.119. The predicted octanol–water partition coefficient (Wildman–Crippen LogP) is 2.57. The van der Waals surface area contributed by atoms with Gasteiger partial charge in [-0.15, -0.1) is 0 Å². The Labute approximate surface area is 137 Å². The minimum absolute atomic E-state index is 0.0343. The van der Waals surface area contributed by atoms with E-state index in [0.717, 1.165) is 25.7 Å². The molecular weight excluding hydrogens is 294 g/mol. The third-order valence-corrected chi connectivity index (χ3v) is 4.39.